The van der Waals surface area contributed by atoms with Crippen LogP contribution in [0.15, 0.2) is 152 Å². The van der Waals surface area contributed by atoms with Crippen molar-refractivity contribution in [1.29, 1.82) is 0 Å². The first-order valence-corrected chi connectivity index (χ1v) is 17.4. The molecule has 0 N–H and O–H groups in total. The van der Waals surface area contributed by atoms with E-state index < -0.39 is 0 Å². The highest BCUT2D eigenvalue weighted by Crippen LogP contribution is 2.37. The number of rotatable bonds is 6. The van der Waals surface area contributed by atoms with Crippen LogP contribution in [0.2, 0.25) is 0 Å². The molecule has 0 aliphatic heterocycles. The number of allylic oxidation sites excluding steroid dienone is 2. The van der Waals surface area contributed by atoms with Gasteiger partial charge in [0.2, 0.25) is 0 Å². The predicted molar refractivity (Wildman–Crippen MR) is 205 cm³/mol. The van der Waals surface area contributed by atoms with E-state index in [9.17, 15) is 0 Å². The number of aromatic nitrogens is 6. The van der Waals surface area contributed by atoms with Crippen molar-refractivity contribution in [3.63, 3.8) is 0 Å². The van der Waals surface area contributed by atoms with Gasteiger partial charge < -0.3 is 0 Å². The summed E-state index contributed by atoms with van der Waals surface area (Å²) in [5.74, 6) is 2.54. The average molecular weight is 659 g/mol. The number of hydrogen-bond acceptors (Lipinski definition) is 6. The number of aryl methyl sites for hydroxylation is 1. The van der Waals surface area contributed by atoms with Gasteiger partial charge in [0.05, 0.1) is 16.7 Å². The Labute approximate surface area is 296 Å². The molecule has 0 saturated carbocycles. The Bertz CT molecular complexity index is 2490. The van der Waals surface area contributed by atoms with E-state index in [-0.39, 0.29) is 11.8 Å². The molecule has 4 aromatic heterocycles. The van der Waals surface area contributed by atoms with Crippen LogP contribution in [-0.2, 0) is 0 Å². The van der Waals surface area contributed by atoms with Gasteiger partial charge in [0.15, 0.2) is 11.6 Å². The number of benzene rings is 4. The van der Waals surface area contributed by atoms with Crippen LogP contribution >= 0.6 is 0 Å². The monoisotopic (exact) mass is 658 g/mol. The smallest absolute Gasteiger partial charge is 0.163 e. The lowest BCUT2D eigenvalue weighted by molar-refractivity contribution is 0.580. The van der Waals surface area contributed by atoms with Crippen LogP contribution < -0.4 is 0 Å². The highest BCUT2D eigenvalue weighted by molar-refractivity contribution is 6.08. The fourth-order valence-corrected chi connectivity index (χ4v) is 7.16. The van der Waals surface area contributed by atoms with E-state index in [0.717, 1.165) is 68.6 Å². The number of nitrogens with zero attached hydrogens (tertiary/aromatic N) is 6. The lowest BCUT2D eigenvalue weighted by Crippen LogP contribution is -2.12. The van der Waals surface area contributed by atoms with E-state index in [0.29, 0.717) is 11.6 Å². The third-order valence-electron chi connectivity index (χ3n) is 9.78. The molecule has 6 heteroatoms. The van der Waals surface area contributed by atoms with E-state index in [1.54, 1.807) is 12.4 Å². The lowest BCUT2D eigenvalue weighted by atomic mass is 9.83. The summed E-state index contributed by atoms with van der Waals surface area (Å²) in [5.41, 5.74) is 10.4. The highest BCUT2D eigenvalue weighted by atomic mass is 15.0. The van der Waals surface area contributed by atoms with Gasteiger partial charge in [-0.1, -0.05) is 109 Å². The molecule has 1 aliphatic rings. The molecule has 2 unspecified atom stereocenters. The summed E-state index contributed by atoms with van der Waals surface area (Å²) in [6.45, 7) is 2.06. The molecular weight excluding hydrogens is 625 g/mol. The summed E-state index contributed by atoms with van der Waals surface area (Å²) in [7, 11) is 0. The molecule has 0 spiro atoms. The van der Waals surface area contributed by atoms with Gasteiger partial charge in [0.1, 0.15) is 5.82 Å². The van der Waals surface area contributed by atoms with Crippen molar-refractivity contribution in [1.82, 2.24) is 29.9 Å². The van der Waals surface area contributed by atoms with Crippen molar-refractivity contribution in [2.75, 3.05) is 0 Å². The molecule has 0 radical (unpaired) electrons. The van der Waals surface area contributed by atoms with E-state index in [1.807, 2.05) is 42.5 Å². The van der Waals surface area contributed by atoms with Crippen LogP contribution in [0.25, 0.3) is 67.0 Å². The molecule has 0 amide bonds. The van der Waals surface area contributed by atoms with E-state index in [4.69, 9.17) is 24.9 Å². The summed E-state index contributed by atoms with van der Waals surface area (Å²) in [6.07, 6.45) is 10.1. The molecule has 51 heavy (non-hydrogen) atoms. The molecular formula is C45H34N6. The Morgan fingerprint density at radius 3 is 1.92 bits per heavy atom. The van der Waals surface area contributed by atoms with Crippen molar-refractivity contribution >= 4 is 21.8 Å². The van der Waals surface area contributed by atoms with Crippen molar-refractivity contribution < 1.29 is 0 Å². The van der Waals surface area contributed by atoms with E-state index in [1.165, 1.54) is 16.7 Å². The van der Waals surface area contributed by atoms with Gasteiger partial charge in [-0.25, -0.2) is 19.9 Å². The molecule has 1 aliphatic carbocycles. The molecule has 6 nitrogen and oxygen atoms in total. The van der Waals surface area contributed by atoms with Crippen molar-refractivity contribution in [2.24, 2.45) is 0 Å². The summed E-state index contributed by atoms with van der Waals surface area (Å²) >= 11 is 0. The first-order valence-electron chi connectivity index (χ1n) is 17.4. The maximum absolute atomic E-state index is 5.25. The van der Waals surface area contributed by atoms with Gasteiger partial charge in [-0.2, -0.15) is 0 Å². The SMILES string of the molecule is Cc1cc(-c2ccccc2)c2ccc3ccc(-c4cccc(C5C=CC(c6nc(-c7ccccc7)nc(-c7ccncc7)n6)CC5)c4)nc3c2n1. The predicted octanol–water partition coefficient (Wildman–Crippen LogP) is 10.6. The van der Waals surface area contributed by atoms with Crippen molar-refractivity contribution in [2.45, 2.75) is 31.6 Å². The molecule has 4 heterocycles. The van der Waals surface area contributed by atoms with Crippen LogP contribution in [-0.4, -0.2) is 29.9 Å². The average Bonchev–Trinajstić information content (AvgIpc) is 3.21. The van der Waals surface area contributed by atoms with Crippen LogP contribution in [0.5, 0.6) is 0 Å². The first-order chi connectivity index (χ1) is 25.2. The van der Waals surface area contributed by atoms with E-state index in [2.05, 4.69) is 109 Å². The fourth-order valence-electron chi connectivity index (χ4n) is 7.16. The van der Waals surface area contributed by atoms with Crippen LogP contribution in [0, 0.1) is 6.92 Å². The maximum Gasteiger partial charge on any atom is 0.163 e. The van der Waals surface area contributed by atoms with Gasteiger partial charge >= 0.3 is 0 Å². The molecule has 2 atom stereocenters. The Kier molecular flexibility index (Phi) is 7.89. The summed E-state index contributed by atoms with van der Waals surface area (Å²) in [6, 6.07) is 44.1. The minimum absolute atomic E-state index is 0.0997. The Balaban J connectivity index is 1.03. The van der Waals surface area contributed by atoms with Crippen LogP contribution in [0.4, 0.5) is 0 Å². The molecule has 244 valence electrons. The summed E-state index contributed by atoms with van der Waals surface area (Å²) in [4.78, 5) is 29.2. The van der Waals surface area contributed by atoms with E-state index >= 15 is 0 Å². The van der Waals surface area contributed by atoms with Gasteiger partial charge in [-0.15, -0.1) is 0 Å². The Morgan fingerprint density at radius 2 is 1.18 bits per heavy atom. The normalized spacial score (nSPS) is 15.7. The zero-order valence-electron chi connectivity index (χ0n) is 28.2. The largest absolute Gasteiger partial charge is 0.265 e. The molecule has 0 saturated heterocycles. The number of fused-ring (bicyclic) bond motifs is 3. The summed E-state index contributed by atoms with van der Waals surface area (Å²) in [5, 5.41) is 2.20. The van der Waals surface area contributed by atoms with Crippen molar-refractivity contribution in [3.05, 3.63) is 169 Å². The highest BCUT2D eigenvalue weighted by Gasteiger charge is 2.23. The topological polar surface area (TPSA) is 77.3 Å². The second-order valence-corrected chi connectivity index (χ2v) is 13.2. The molecule has 0 fully saturated rings. The number of hydrogen-bond donors (Lipinski definition) is 0. The van der Waals surface area contributed by atoms with Crippen LogP contribution in [0.1, 0.15) is 41.8 Å². The molecule has 4 aromatic carbocycles. The van der Waals surface area contributed by atoms with Crippen molar-refractivity contribution in [3.8, 4) is 45.2 Å². The zero-order valence-corrected chi connectivity index (χ0v) is 28.2. The molecule has 0 bridgehead atoms. The third kappa shape index (κ3) is 6.06. The minimum atomic E-state index is 0.0997. The minimum Gasteiger partial charge on any atom is -0.265 e. The standard InChI is InChI=1S/C45H34N6/c1-29-27-39(31-9-4-2-5-10-31)38-21-19-32-20-22-40(48-41(32)42(38)47-29)37-14-8-13-36(28-37)30-15-17-34(18-16-30)44-49-43(33-11-6-3-7-12-33)50-45(51-44)35-23-25-46-26-24-35/h2-15,17,19-28,30,34H,16,18H2,1H3. The van der Waals surface area contributed by atoms with Gasteiger partial charge in [-0.3, -0.25) is 9.97 Å². The Morgan fingerprint density at radius 1 is 0.510 bits per heavy atom. The second-order valence-electron chi connectivity index (χ2n) is 13.2. The van der Waals surface area contributed by atoms with Gasteiger partial charge in [0, 0.05) is 57.4 Å². The zero-order chi connectivity index (χ0) is 34.1. The second kappa shape index (κ2) is 13.1. The molecule has 9 rings (SSSR count). The quantitative estimate of drug-likeness (QED) is 0.131. The molecule has 8 aromatic rings. The third-order valence-corrected chi connectivity index (χ3v) is 9.78. The number of pyridine rings is 3. The first kappa shape index (κ1) is 30.6. The van der Waals surface area contributed by atoms with Gasteiger partial charge in [-0.05, 0) is 66.8 Å². The fraction of sp³-hybridized carbons (Fsp3) is 0.111. The lowest BCUT2D eigenvalue weighted by Gasteiger charge is -2.23. The van der Waals surface area contributed by atoms with Crippen LogP contribution in [0.3, 0.4) is 0 Å². The maximum atomic E-state index is 5.25. The summed E-state index contributed by atoms with van der Waals surface area (Å²) < 4.78 is 0. The Hall–Kier alpha value is -6.40. The van der Waals surface area contributed by atoms with Gasteiger partial charge in [0.25, 0.3) is 0 Å².